The number of piperazine rings is 1. The van der Waals surface area contributed by atoms with Crippen molar-refractivity contribution >= 4 is 15.9 Å². The molecule has 1 saturated heterocycles. The Hall–Kier alpha value is -0.660. The second-order valence-electron chi connectivity index (χ2n) is 4.53. The molecule has 1 heterocycles. The molecule has 6 nitrogen and oxygen atoms in total. The molecule has 0 unspecified atom stereocenters. The van der Waals surface area contributed by atoms with Crippen molar-refractivity contribution in [2.75, 3.05) is 53.1 Å². The average molecular weight is 263 g/mol. The molecule has 0 aromatic carbocycles. The van der Waals surface area contributed by atoms with E-state index in [2.05, 4.69) is 4.90 Å². The van der Waals surface area contributed by atoms with Crippen LogP contribution in [0.2, 0.25) is 0 Å². The van der Waals surface area contributed by atoms with Crippen molar-refractivity contribution in [3.63, 3.8) is 0 Å². The summed E-state index contributed by atoms with van der Waals surface area (Å²) in [5, 5.41) is 0. The Morgan fingerprint density at radius 3 is 2.18 bits per heavy atom. The Morgan fingerprint density at radius 1 is 1.18 bits per heavy atom. The van der Waals surface area contributed by atoms with Gasteiger partial charge in [-0.2, -0.15) is 0 Å². The van der Waals surface area contributed by atoms with Crippen LogP contribution in [0.25, 0.3) is 0 Å². The minimum absolute atomic E-state index is 0.0662. The van der Waals surface area contributed by atoms with Crippen LogP contribution in [0.3, 0.4) is 0 Å². The van der Waals surface area contributed by atoms with Gasteiger partial charge in [0.05, 0.1) is 5.75 Å². The number of hydrogen-bond acceptors (Lipinski definition) is 4. The predicted molar refractivity (Wildman–Crippen MR) is 66.2 cm³/mol. The normalized spacial score (nSPS) is 18.7. The summed E-state index contributed by atoms with van der Waals surface area (Å²) in [4.78, 5) is 15.7. The molecule has 0 aromatic heterocycles. The molecule has 1 fully saturated rings. The standard InChI is InChI=1S/C10H21N3O3S/c1-11(2)17(15,16)9-4-10(14)13-7-5-12(3)6-8-13/h4-9H2,1-3H3. The first-order valence-electron chi connectivity index (χ1n) is 5.69. The van der Waals surface area contributed by atoms with Crippen LogP contribution in [-0.4, -0.2) is 81.5 Å². The van der Waals surface area contributed by atoms with Gasteiger partial charge in [-0.3, -0.25) is 4.79 Å². The third kappa shape index (κ3) is 4.25. The molecular formula is C10H21N3O3S. The third-order valence-electron chi connectivity index (χ3n) is 2.99. The lowest BCUT2D eigenvalue weighted by Gasteiger charge is -2.32. The SMILES string of the molecule is CN1CCN(C(=O)CCS(=O)(=O)N(C)C)CC1. The number of likely N-dealkylation sites (N-methyl/N-ethyl adjacent to an activating group) is 1. The maximum atomic E-state index is 11.8. The Bertz CT molecular complexity index is 359. The number of nitrogens with zero attached hydrogens (tertiary/aromatic N) is 3. The number of carbonyl (C=O) groups excluding carboxylic acids is 1. The van der Waals surface area contributed by atoms with Crippen LogP contribution in [0.5, 0.6) is 0 Å². The van der Waals surface area contributed by atoms with Crippen molar-refractivity contribution in [3.8, 4) is 0 Å². The van der Waals surface area contributed by atoms with E-state index >= 15 is 0 Å². The van der Waals surface area contributed by atoms with E-state index in [9.17, 15) is 13.2 Å². The molecule has 0 atom stereocenters. The molecule has 1 aliphatic rings. The highest BCUT2D eigenvalue weighted by Crippen LogP contribution is 2.04. The van der Waals surface area contributed by atoms with Crippen LogP contribution in [-0.2, 0) is 14.8 Å². The lowest BCUT2D eigenvalue weighted by Crippen LogP contribution is -2.47. The van der Waals surface area contributed by atoms with Crippen molar-refractivity contribution in [1.29, 1.82) is 0 Å². The van der Waals surface area contributed by atoms with E-state index in [4.69, 9.17) is 0 Å². The molecular weight excluding hydrogens is 242 g/mol. The third-order valence-corrected chi connectivity index (χ3v) is 4.82. The minimum Gasteiger partial charge on any atom is -0.340 e. The van der Waals surface area contributed by atoms with E-state index in [-0.39, 0.29) is 18.1 Å². The number of sulfonamides is 1. The van der Waals surface area contributed by atoms with Gasteiger partial charge < -0.3 is 9.80 Å². The highest BCUT2D eigenvalue weighted by atomic mass is 32.2. The lowest BCUT2D eigenvalue weighted by atomic mass is 10.3. The fraction of sp³-hybridized carbons (Fsp3) is 0.900. The van der Waals surface area contributed by atoms with Gasteiger partial charge in [-0.15, -0.1) is 0 Å². The quantitative estimate of drug-likeness (QED) is 0.655. The Labute approximate surface area is 103 Å². The van der Waals surface area contributed by atoms with E-state index in [0.29, 0.717) is 13.1 Å². The van der Waals surface area contributed by atoms with Crippen LogP contribution < -0.4 is 0 Å². The molecule has 17 heavy (non-hydrogen) atoms. The molecule has 1 amide bonds. The molecule has 0 radical (unpaired) electrons. The van der Waals surface area contributed by atoms with E-state index in [1.54, 1.807) is 4.90 Å². The van der Waals surface area contributed by atoms with E-state index < -0.39 is 10.0 Å². The van der Waals surface area contributed by atoms with Crippen LogP contribution in [0, 0.1) is 0 Å². The summed E-state index contributed by atoms with van der Waals surface area (Å²) in [6, 6.07) is 0. The van der Waals surface area contributed by atoms with Gasteiger partial charge in [0.2, 0.25) is 15.9 Å². The predicted octanol–water partition coefficient (Wildman–Crippen LogP) is -0.958. The average Bonchev–Trinajstić information content (AvgIpc) is 2.27. The smallest absolute Gasteiger partial charge is 0.223 e. The van der Waals surface area contributed by atoms with Crippen molar-refractivity contribution in [1.82, 2.24) is 14.1 Å². The second kappa shape index (κ2) is 5.79. The zero-order chi connectivity index (χ0) is 13.1. The highest BCUT2D eigenvalue weighted by Gasteiger charge is 2.22. The Morgan fingerprint density at radius 2 is 1.71 bits per heavy atom. The zero-order valence-electron chi connectivity index (χ0n) is 10.7. The maximum absolute atomic E-state index is 11.8. The number of hydrogen-bond donors (Lipinski definition) is 0. The maximum Gasteiger partial charge on any atom is 0.223 e. The van der Waals surface area contributed by atoms with Gasteiger partial charge >= 0.3 is 0 Å². The van der Waals surface area contributed by atoms with Crippen LogP contribution in [0.15, 0.2) is 0 Å². The van der Waals surface area contributed by atoms with E-state index in [0.717, 1.165) is 17.4 Å². The van der Waals surface area contributed by atoms with Gasteiger partial charge in [0.25, 0.3) is 0 Å². The van der Waals surface area contributed by atoms with Crippen LogP contribution in [0.4, 0.5) is 0 Å². The summed E-state index contributed by atoms with van der Waals surface area (Å²) in [6.07, 6.45) is 0.0736. The monoisotopic (exact) mass is 263 g/mol. The number of amides is 1. The van der Waals surface area contributed by atoms with Gasteiger partial charge in [0.1, 0.15) is 0 Å². The summed E-state index contributed by atoms with van der Waals surface area (Å²) in [7, 11) is 1.71. The fourth-order valence-electron chi connectivity index (χ4n) is 1.61. The van der Waals surface area contributed by atoms with Gasteiger partial charge in [0, 0.05) is 46.7 Å². The molecule has 100 valence electrons. The molecule has 0 saturated carbocycles. The van der Waals surface area contributed by atoms with E-state index in [1.165, 1.54) is 14.1 Å². The molecule has 7 heteroatoms. The van der Waals surface area contributed by atoms with Crippen LogP contribution >= 0.6 is 0 Å². The van der Waals surface area contributed by atoms with Crippen molar-refractivity contribution < 1.29 is 13.2 Å². The van der Waals surface area contributed by atoms with Crippen molar-refractivity contribution in [2.24, 2.45) is 0 Å². The number of carbonyl (C=O) groups is 1. The van der Waals surface area contributed by atoms with Gasteiger partial charge in [0.15, 0.2) is 0 Å². The van der Waals surface area contributed by atoms with Gasteiger partial charge in [-0.25, -0.2) is 12.7 Å². The van der Waals surface area contributed by atoms with Gasteiger partial charge in [-0.05, 0) is 7.05 Å². The highest BCUT2D eigenvalue weighted by molar-refractivity contribution is 7.89. The van der Waals surface area contributed by atoms with E-state index in [1.807, 2.05) is 7.05 Å². The first-order chi connectivity index (χ1) is 7.83. The summed E-state index contributed by atoms with van der Waals surface area (Å²) in [5.41, 5.74) is 0. The Balaban J connectivity index is 2.40. The molecule has 0 N–H and O–H groups in total. The second-order valence-corrected chi connectivity index (χ2v) is 6.83. The van der Waals surface area contributed by atoms with Crippen LogP contribution in [0.1, 0.15) is 6.42 Å². The Kier molecular flexibility index (Phi) is 4.91. The molecule has 1 rings (SSSR count). The minimum atomic E-state index is -3.27. The first kappa shape index (κ1) is 14.4. The van der Waals surface area contributed by atoms with Crippen molar-refractivity contribution in [2.45, 2.75) is 6.42 Å². The molecule has 0 aliphatic carbocycles. The molecule has 0 spiro atoms. The fourth-order valence-corrected chi connectivity index (χ4v) is 2.41. The molecule has 0 bridgehead atoms. The lowest BCUT2D eigenvalue weighted by molar-refractivity contribution is -0.132. The summed E-state index contributed by atoms with van der Waals surface area (Å²) in [5.74, 6) is -0.172. The zero-order valence-corrected chi connectivity index (χ0v) is 11.5. The number of rotatable bonds is 4. The summed E-state index contributed by atoms with van der Waals surface area (Å²) >= 11 is 0. The topological polar surface area (TPSA) is 60.9 Å². The largest absolute Gasteiger partial charge is 0.340 e. The summed E-state index contributed by atoms with van der Waals surface area (Å²) in [6.45, 7) is 3.09. The van der Waals surface area contributed by atoms with Gasteiger partial charge in [-0.1, -0.05) is 0 Å². The summed E-state index contributed by atoms with van der Waals surface area (Å²) < 4.78 is 24.2. The molecule has 1 aliphatic heterocycles. The van der Waals surface area contributed by atoms with Crippen molar-refractivity contribution in [3.05, 3.63) is 0 Å². The first-order valence-corrected chi connectivity index (χ1v) is 7.30. The molecule has 0 aromatic rings.